The Kier molecular flexibility index (Phi) is 7.80. The fraction of sp³-hybridized carbons (Fsp3) is 0.269. The molecule has 6 nitrogen and oxygen atoms in total. The molecule has 1 aliphatic rings. The molecule has 178 valence electrons. The molecule has 3 aromatic rings. The molecule has 0 saturated carbocycles. The summed E-state index contributed by atoms with van der Waals surface area (Å²) in [5.74, 6) is 2.96. The molecule has 0 saturated heterocycles. The predicted octanol–water partition coefficient (Wildman–Crippen LogP) is 5.85. The SMILES string of the molecule is COc1ccc(OC[C@@H]2c3cc(OC)c(OC)cc3CCN2C(=S)Nc2ccc(Br)cc2)cc1. The van der Waals surface area contributed by atoms with Crippen molar-refractivity contribution in [3.63, 3.8) is 0 Å². The molecule has 0 amide bonds. The second-order valence-corrected chi connectivity index (χ2v) is 9.09. The first-order valence-electron chi connectivity index (χ1n) is 10.9. The lowest BCUT2D eigenvalue weighted by Gasteiger charge is -2.39. The van der Waals surface area contributed by atoms with Crippen molar-refractivity contribution in [1.82, 2.24) is 4.90 Å². The van der Waals surface area contributed by atoms with Gasteiger partial charge in [0.05, 0.1) is 27.4 Å². The van der Waals surface area contributed by atoms with Gasteiger partial charge in [-0.25, -0.2) is 0 Å². The fourth-order valence-electron chi connectivity index (χ4n) is 4.03. The van der Waals surface area contributed by atoms with Gasteiger partial charge in [-0.05, 0) is 90.4 Å². The normalized spacial score (nSPS) is 14.7. The van der Waals surface area contributed by atoms with Crippen molar-refractivity contribution in [3.8, 4) is 23.0 Å². The van der Waals surface area contributed by atoms with Crippen molar-refractivity contribution in [2.24, 2.45) is 0 Å². The number of rotatable bonds is 7. The largest absolute Gasteiger partial charge is 0.497 e. The van der Waals surface area contributed by atoms with E-state index in [0.29, 0.717) is 17.5 Å². The van der Waals surface area contributed by atoms with Gasteiger partial charge in [-0.1, -0.05) is 15.9 Å². The highest BCUT2D eigenvalue weighted by Crippen LogP contribution is 2.38. The molecule has 1 atom stereocenters. The van der Waals surface area contributed by atoms with E-state index in [0.717, 1.165) is 45.9 Å². The third-order valence-corrected chi connectivity index (χ3v) is 6.69. The zero-order valence-corrected chi connectivity index (χ0v) is 21.7. The number of anilines is 1. The van der Waals surface area contributed by atoms with E-state index in [9.17, 15) is 0 Å². The van der Waals surface area contributed by atoms with Crippen LogP contribution in [0.3, 0.4) is 0 Å². The second-order valence-electron chi connectivity index (χ2n) is 7.79. The lowest BCUT2D eigenvalue weighted by atomic mass is 9.92. The van der Waals surface area contributed by atoms with Crippen LogP contribution in [0.4, 0.5) is 5.69 Å². The summed E-state index contributed by atoms with van der Waals surface area (Å²) >= 11 is 9.32. The number of halogens is 1. The fourth-order valence-corrected chi connectivity index (χ4v) is 4.63. The van der Waals surface area contributed by atoms with E-state index < -0.39 is 0 Å². The van der Waals surface area contributed by atoms with Crippen molar-refractivity contribution in [2.45, 2.75) is 12.5 Å². The molecule has 1 aliphatic heterocycles. The van der Waals surface area contributed by atoms with Crippen LogP contribution in [0, 0.1) is 0 Å². The third-order valence-electron chi connectivity index (χ3n) is 5.83. The van der Waals surface area contributed by atoms with Crippen molar-refractivity contribution < 1.29 is 18.9 Å². The van der Waals surface area contributed by atoms with E-state index in [1.807, 2.05) is 54.6 Å². The van der Waals surface area contributed by atoms with Crippen LogP contribution in [0.2, 0.25) is 0 Å². The third kappa shape index (κ3) is 5.39. The Bertz CT molecular complexity index is 1140. The maximum absolute atomic E-state index is 6.22. The summed E-state index contributed by atoms with van der Waals surface area (Å²) < 4.78 is 23.6. The highest BCUT2D eigenvalue weighted by atomic mass is 79.9. The summed E-state index contributed by atoms with van der Waals surface area (Å²) in [4.78, 5) is 2.18. The van der Waals surface area contributed by atoms with Crippen molar-refractivity contribution in [1.29, 1.82) is 0 Å². The molecule has 1 N–H and O–H groups in total. The Morgan fingerprint density at radius 2 is 1.59 bits per heavy atom. The smallest absolute Gasteiger partial charge is 0.174 e. The lowest BCUT2D eigenvalue weighted by Crippen LogP contribution is -2.44. The molecule has 0 unspecified atom stereocenters. The summed E-state index contributed by atoms with van der Waals surface area (Å²) in [6, 6.07) is 19.5. The van der Waals surface area contributed by atoms with Gasteiger partial charge >= 0.3 is 0 Å². The van der Waals surface area contributed by atoms with Gasteiger partial charge in [0.1, 0.15) is 18.1 Å². The summed E-state index contributed by atoms with van der Waals surface area (Å²) in [7, 11) is 4.95. The van der Waals surface area contributed by atoms with E-state index in [1.165, 1.54) is 5.56 Å². The topological polar surface area (TPSA) is 52.2 Å². The van der Waals surface area contributed by atoms with Gasteiger partial charge in [0.2, 0.25) is 0 Å². The van der Waals surface area contributed by atoms with Crippen LogP contribution in [0.5, 0.6) is 23.0 Å². The standard InChI is InChI=1S/C26H27BrN2O4S/c1-30-20-8-10-21(11-9-20)33-16-23-22-15-25(32-3)24(31-2)14-17(22)12-13-29(23)26(34)28-19-6-4-18(27)5-7-19/h4-11,14-15,23H,12-13,16H2,1-3H3,(H,28,34)/t23-/m1/s1. The summed E-state index contributed by atoms with van der Waals surface area (Å²) in [5.41, 5.74) is 3.24. The van der Waals surface area contributed by atoms with Gasteiger partial charge in [0.25, 0.3) is 0 Å². The molecule has 8 heteroatoms. The Morgan fingerprint density at radius 1 is 0.941 bits per heavy atom. The van der Waals surface area contributed by atoms with E-state index in [-0.39, 0.29) is 6.04 Å². The zero-order chi connectivity index (χ0) is 24.1. The summed E-state index contributed by atoms with van der Waals surface area (Å²) in [5, 5.41) is 4.02. The minimum atomic E-state index is -0.110. The average molecular weight is 543 g/mol. The highest BCUT2D eigenvalue weighted by molar-refractivity contribution is 9.10. The van der Waals surface area contributed by atoms with E-state index in [2.05, 4.69) is 32.2 Å². The number of nitrogens with one attached hydrogen (secondary N) is 1. The number of hydrogen-bond acceptors (Lipinski definition) is 5. The molecule has 0 aromatic heterocycles. The van der Waals surface area contributed by atoms with E-state index in [4.69, 9.17) is 31.2 Å². The first-order chi connectivity index (χ1) is 16.5. The molecule has 0 spiro atoms. The van der Waals surface area contributed by atoms with Gasteiger partial charge in [-0.3, -0.25) is 0 Å². The van der Waals surface area contributed by atoms with E-state index >= 15 is 0 Å². The number of fused-ring (bicyclic) bond motifs is 1. The van der Waals surface area contributed by atoms with Crippen LogP contribution >= 0.6 is 28.1 Å². The zero-order valence-electron chi connectivity index (χ0n) is 19.3. The Balaban J connectivity index is 1.62. The number of benzene rings is 3. The van der Waals surface area contributed by atoms with Crippen molar-refractivity contribution in [2.75, 3.05) is 39.8 Å². The lowest BCUT2D eigenvalue weighted by molar-refractivity contribution is 0.190. The van der Waals surface area contributed by atoms with E-state index in [1.54, 1.807) is 21.3 Å². The van der Waals surface area contributed by atoms with Crippen molar-refractivity contribution in [3.05, 3.63) is 76.3 Å². The second kappa shape index (κ2) is 11.0. The average Bonchev–Trinajstić information content (AvgIpc) is 2.87. The summed E-state index contributed by atoms with van der Waals surface area (Å²) in [6.07, 6.45) is 0.830. The molecule has 0 bridgehead atoms. The highest BCUT2D eigenvalue weighted by Gasteiger charge is 2.31. The molecule has 0 fully saturated rings. The molecule has 1 heterocycles. The number of hydrogen-bond donors (Lipinski definition) is 1. The van der Waals surface area contributed by atoms with Gasteiger partial charge in [-0.2, -0.15) is 0 Å². The van der Waals surface area contributed by atoms with Gasteiger partial charge < -0.3 is 29.2 Å². The Labute approximate surface area is 213 Å². The minimum absolute atomic E-state index is 0.110. The quantitative estimate of drug-likeness (QED) is 0.375. The maximum Gasteiger partial charge on any atom is 0.174 e. The summed E-state index contributed by atoms with van der Waals surface area (Å²) in [6.45, 7) is 1.17. The van der Waals surface area contributed by atoms with Gasteiger partial charge in [-0.15, -0.1) is 0 Å². The number of nitrogens with zero attached hydrogens (tertiary/aromatic N) is 1. The molecule has 4 rings (SSSR count). The first kappa shape index (κ1) is 24.2. The molecular formula is C26H27BrN2O4S. The minimum Gasteiger partial charge on any atom is -0.497 e. The van der Waals surface area contributed by atoms with Crippen LogP contribution in [-0.4, -0.2) is 44.5 Å². The number of thiocarbonyl (C=S) groups is 1. The van der Waals surface area contributed by atoms with Crippen LogP contribution in [0.25, 0.3) is 0 Å². The van der Waals surface area contributed by atoms with Gasteiger partial charge in [0, 0.05) is 16.7 Å². The van der Waals surface area contributed by atoms with Crippen molar-refractivity contribution >= 4 is 38.9 Å². The van der Waals surface area contributed by atoms with Crippen LogP contribution in [0.15, 0.2) is 65.1 Å². The van der Waals surface area contributed by atoms with Crippen LogP contribution in [0.1, 0.15) is 17.2 Å². The molecule has 3 aromatic carbocycles. The Hall–Kier alpha value is -2.97. The molecular weight excluding hydrogens is 516 g/mol. The molecule has 0 aliphatic carbocycles. The first-order valence-corrected chi connectivity index (χ1v) is 12.1. The van der Waals surface area contributed by atoms with Gasteiger partial charge in [0.15, 0.2) is 16.6 Å². The Morgan fingerprint density at radius 3 is 2.24 bits per heavy atom. The number of methoxy groups -OCH3 is 3. The predicted molar refractivity (Wildman–Crippen MR) is 142 cm³/mol. The maximum atomic E-state index is 6.22. The van der Waals surface area contributed by atoms with Crippen LogP contribution in [-0.2, 0) is 6.42 Å². The monoisotopic (exact) mass is 542 g/mol. The number of ether oxygens (including phenoxy) is 4. The van der Waals surface area contributed by atoms with Crippen LogP contribution < -0.4 is 24.3 Å². The molecule has 0 radical (unpaired) electrons. The molecule has 34 heavy (non-hydrogen) atoms.